The van der Waals surface area contributed by atoms with Crippen LogP contribution in [0.3, 0.4) is 0 Å². The number of carbonyl (C=O) groups excluding carboxylic acids is 1. The fourth-order valence-corrected chi connectivity index (χ4v) is 5.57. The molecule has 164 valence electrons. The van der Waals surface area contributed by atoms with Gasteiger partial charge in [-0.05, 0) is 45.7 Å². The van der Waals surface area contributed by atoms with Gasteiger partial charge in [-0.1, -0.05) is 32.0 Å². The monoisotopic (exact) mass is 426 g/mol. The SMILES string of the molecule is C[C@@H](O)[C@H]1C[C@H](CCCC(=O)C(C)(C)CS(=O)(=O)c2ccccc2)OC(C)(C)O1. The summed E-state index contributed by atoms with van der Waals surface area (Å²) in [5, 5.41) is 9.86. The van der Waals surface area contributed by atoms with Crippen LogP contribution in [0.4, 0.5) is 0 Å². The Morgan fingerprint density at radius 2 is 1.86 bits per heavy atom. The van der Waals surface area contributed by atoms with Gasteiger partial charge in [0.05, 0.1) is 29.0 Å². The average molecular weight is 427 g/mol. The molecule has 0 aromatic heterocycles. The molecule has 29 heavy (non-hydrogen) atoms. The van der Waals surface area contributed by atoms with Crippen molar-refractivity contribution in [2.45, 2.75) is 89.3 Å². The third kappa shape index (κ3) is 6.88. The number of benzene rings is 1. The zero-order chi connectivity index (χ0) is 21.9. The van der Waals surface area contributed by atoms with Gasteiger partial charge >= 0.3 is 0 Å². The topological polar surface area (TPSA) is 89.9 Å². The molecule has 0 spiro atoms. The summed E-state index contributed by atoms with van der Waals surface area (Å²) in [5.74, 6) is -1.07. The highest BCUT2D eigenvalue weighted by Crippen LogP contribution is 2.31. The fraction of sp³-hybridized carbons (Fsp3) is 0.682. The van der Waals surface area contributed by atoms with E-state index >= 15 is 0 Å². The Morgan fingerprint density at radius 1 is 1.24 bits per heavy atom. The molecule has 1 fully saturated rings. The first-order valence-electron chi connectivity index (χ1n) is 10.2. The molecule has 0 bridgehead atoms. The van der Waals surface area contributed by atoms with E-state index in [0.29, 0.717) is 19.3 Å². The Hall–Kier alpha value is -1.28. The van der Waals surface area contributed by atoms with E-state index in [2.05, 4.69) is 0 Å². The van der Waals surface area contributed by atoms with Crippen LogP contribution < -0.4 is 0 Å². The highest BCUT2D eigenvalue weighted by molar-refractivity contribution is 7.91. The largest absolute Gasteiger partial charge is 0.391 e. The van der Waals surface area contributed by atoms with Crippen molar-refractivity contribution in [3.05, 3.63) is 30.3 Å². The van der Waals surface area contributed by atoms with Gasteiger partial charge < -0.3 is 14.6 Å². The number of ether oxygens (including phenoxy) is 2. The van der Waals surface area contributed by atoms with Crippen molar-refractivity contribution in [3.8, 4) is 0 Å². The molecule has 0 radical (unpaired) electrons. The lowest BCUT2D eigenvalue weighted by Crippen LogP contribution is -2.48. The molecular weight excluding hydrogens is 392 g/mol. The van der Waals surface area contributed by atoms with Gasteiger partial charge in [0.1, 0.15) is 5.78 Å². The number of sulfone groups is 1. The van der Waals surface area contributed by atoms with E-state index < -0.39 is 27.1 Å². The maximum atomic E-state index is 12.7. The van der Waals surface area contributed by atoms with Crippen molar-refractivity contribution in [2.24, 2.45) is 5.41 Å². The van der Waals surface area contributed by atoms with Crippen molar-refractivity contribution in [1.29, 1.82) is 0 Å². The highest BCUT2D eigenvalue weighted by atomic mass is 32.2. The van der Waals surface area contributed by atoms with Gasteiger partial charge in [0.15, 0.2) is 15.6 Å². The van der Waals surface area contributed by atoms with Gasteiger partial charge in [-0.15, -0.1) is 0 Å². The first kappa shape index (κ1) is 24.0. The standard InChI is InChI=1S/C22H34O6S/c1-16(23)19-14-17(27-22(4,5)28-19)10-9-13-20(24)21(2,3)15-29(25,26)18-11-7-6-8-12-18/h6-8,11-12,16-17,19,23H,9-10,13-15H2,1-5H3/t16-,17+,19-/m1/s1. The number of aliphatic hydroxyl groups excluding tert-OH is 1. The Morgan fingerprint density at radius 3 is 2.45 bits per heavy atom. The number of carbonyl (C=O) groups is 1. The molecule has 3 atom stereocenters. The van der Waals surface area contributed by atoms with Crippen molar-refractivity contribution in [2.75, 3.05) is 5.75 Å². The summed E-state index contributed by atoms with van der Waals surface area (Å²) in [6.07, 6.45) is 1.11. The number of ketones is 1. The van der Waals surface area contributed by atoms with Crippen LogP contribution in [0.2, 0.25) is 0 Å². The van der Waals surface area contributed by atoms with Crippen LogP contribution in [0.15, 0.2) is 35.2 Å². The van der Waals surface area contributed by atoms with Crippen LogP contribution >= 0.6 is 0 Å². The average Bonchev–Trinajstić information content (AvgIpc) is 2.60. The summed E-state index contributed by atoms with van der Waals surface area (Å²) in [5.41, 5.74) is -0.966. The highest BCUT2D eigenvalue weighted by Gasteiger charge is 2.38. The second-order valence-electron chi connectivity index (χ2n) is 9.04. The smallest absolute Gasteiger partial charge is 0.179 e. The van der Waals surface area contributed by atoms with Gasteiger partial charge in [-0.25, -0.2) is 8.42 Å². The molecule has 1 heterocycles. The second-order valence-corrected chi connectivity index (χ2v) is 11.0. The van der Waals surface area contributed by atoms with Crippen LogP contribution in [-0.4, -0.2) is 49.2 Å². The maximum Gasteiger partial charge on any atom is 0.179 e. The van der Waals surface area contributed by atoms with E-state index in [-0.39, 0.29) is 35.1 Å². The van der Waals surface area contributed by atoms with Crippen molar-refractivity contribution >= 4 is 15.6 Å². The number of Topliss-reactive ketones (excluding diaryl/α,β-unsaturated/α-hetero) is 1. The normalized spacial score (nSPS) is 23.5. The Bertz CT molecular complexity index is 783. The van der Waals surface area contributed by atoms with Crippen LogP contribution in [0.5, 0.6) is 0 Å². The van der Waals surface area contributed by atoms with Crippen molar-refractivity contribution in [1.82, 2.24) is 0 Å². The van der Waals surface area contributed by atoms with Crippen LogP contribution in [0.1, 0.15) is 60.3 Å². The quantitative estimate of drug-likeness (QED) is 0.650. The zero-order valence-corrected chi connectivity index (χ0v) is 18.9. The lowest BCUT2D eigenvalue weighted by Gasteiger charge is -2.42. The Balaban J connectivity index is 1.91. The van der Waals surface area contributed by atoms with E-state index in [1.807, 2.05) is 13.8 Å². The predicted molar refractivity (Wildman–Crippen MR) is 111 cm³/mol. The Labute approximate surface area is 174 Å². The first-order chi connectivity index (χ1) is 13.3. The number of hydrogen-bond donors (Lipinski definition) is 1. The van der Waals surface area contributed by atoms with Crippen molar-refractivity contribution in [3.63, 3.8) is 0 Å². The number of hydrogen-bond acceptors (Lipinski definition) is 6. The van der Waals surface area contributed by atoms with Gasteiger partial charge in [0, 0.05) is 18.3 Å². The van der Waals surface area contributed by atoms with E-state index in [4.69, 9.17) is 9.47 Å². The summed E-state index contributed by atoms with van der Waals surface area (Å²) in [6, 6.07) is 8.23. The second kappa shape index (κ2) is 9.25. The molecule has 6 nitrogen and oxygen atoms in total. The van der Waals surface area contributed by atoms with Gasteiger partial charge in [0.25, 0.3) is 0 Å². The Kier molecular flexibility index (Phi) is 7.65. The molecule has 0 amide bonds. The predicted octanol–water partition coefficient (Wildman–Crippen LogP) is 3.52. The van der Waals surface area contributed by atoms with Crippen molar-refractivity contribution < 1.29 is 27.8 Å². The summed E-state index contributed by atoms with van der Waals surface area (Å²) in [4.78, 5) is 13.0. The van der Waals surface area contributed by atoms with Gasteiger partial charge in [-0.3, -0.25) is 4.79 Å². The molecule has 1 aromatic rings. The van der Waals surface area contributed by atoms with E-state index in [1.165, 1.54) is 0 Å². The van der Waals surface area contributed by atoms with Crippen LogP contribution in [0, 0.1) is 5.41 Å². The van der Waals surface area contributed by atoms with E-state index in [9.17, 15) is 18.3 Å². The molecular formula is C22H34O6S. The number of rotatable bonds is 9. The number of aliphatic hydroxyl groups is 1. The molecule has 1 saturated heterocycles. The molecule has 0 unspecified atom stereocenters. The van der Waals surface area contributed by atoms with Gasteiger partial charge in [0.2, 0.25) is 0 Å². The molecule has 0 aliphatic carbocycles. The lowest BCUT2D eigenvalue weighted by atomic mass is 9.87. The summed E-state index contributed by atoms with van der Waals surface area (Å²) < 4.78 is 36.9. The summed E-state index contributed by atoms with van der Waals surface area (Å²) in [7, 11) is -3.53. The third-order valence-electron chi connectivity index (χ3n) is 5.26. The molecule has 0 saturated carbocycles. The first-order valence-corrected chi connectivity index (χ1v) is 11.8. The summed E-state index contributed by atoms with van der Waals surface area (Å²) >= 11 is 0. The zero-order valence-electron chi connectivity index (χ0n) is 18.1. The lowest BCUT2D eigenvalue weighted by molar-refractivity contribution is -0.312. The molecule has 1 aliphatic rings. The van der Waals surface area contributed by atoms with E-state index in [1.54, 1.807) is 51.1 Å². The maximum absolute atomic E-state index is 12.7. The minimum Gasteiger partial charge on any atom is -0.391 e. The van der Waals surface area contributed by atoms with Crippen LogP contribution in [0.25, 0.3) is 0 Å². The third-order valence-corrected chi connectivity index (χ3v) is 7.35. The summed E-state index contributed by atoms with van der Waals surface area (Å²) in [6.45, 7) is 8.71. The van der Waals surface area contributed by atoms with E-state index in [0.717, 1.165) is 0 Å². The molecule has 1 aliphatic heterocycles. The van der Waals surface area contributed by atoms with Crippen LogP contribution in [-0.2, 0) is 24.1 Å². The molecule has 1 aromatic carbocycles. The van der Waals surface area contributed by atoms with Gasteiger partial charge in [-0.2, -0.15) is 0 Å². The fourth-order valence-electron chi connectivity index (χ4n) is 3.72. The molecule has 2 rings (SSSR count). The minimum atomic E-state index is -3.53. The molecule has 7 heteroatoms. The molecule has 1 N–H and O–H groups in total. The minimum absolute atomic E-state index is 0.0737.